The number of hydrogen-bond donors (Lipinski definition) is 0. The zero-order valence-electron chi connectivity index (χ0n) is 16.2. The molecule has 0 aromatic carbocycles. The van der Waals surface area contributed by atoms with E-state index in [-0.39, 0.29) is 26.2 Å². The highest BCUT2D eigenvalue weighted by molar-refractivity contribution is 5.83. The molecule has 0 aromatic heterocycles. The van der Waals surface area contributed by atoms with Gasteiger partial charge in [-0.15, -0.1) is 0 Å². The van der Waals surface area contributed by atoms with Gasteiger partial charge in [-0.2, -0.15) is 0 Å². The monoisotopic (exact) mass is 358 g/mol. The standard InChI is InChI=1S/C17H30N2O6/c1-8-23-13(20)12-11-18(14(21)24-16(2,3)4)9-10-19(12)15(22)25-17(5,6)7/h12H,8-11H2,1-7H3. The van der Waals surface area contributed by atoms with Crippen LogP contribution in [-0.2, 0) is 19.0 Å². The first-order chi connectivity index (χ1) is 11.3. The number of carbonyl (C=O) groups excluding carboxylic acids is 3. The summed E-state index contributed by atoms with van der Waals surface area (Å²) in [7, 11) is 0. The van der Waals surface area contributed by atoms with Crippen LogP contribution in [0.2, 0.25) is 0 Å². The number of rotatable bonds is 2. The molecule has 1 atom stereocenters. The molecule has 1 heterocycles. The number of hydrogen-bond acceptors (Lipinski definition) is 6. The van der Waals surface area contributed by atoms with Crippen LogP contribution in [0.15, 0.2) is 0 Å². The lowest BCUT2D eigenvalue weighted by molar-refractivity contribution is -0.151. The van der Waals surface area contributed by atoms with Gasteiger partial charge >= 0.3 is 18.2 Å². The number of nitrogens with zero attached hydrogens (tertiary/aromatic N) is 2. The van der Waals surface area contributed by atoms with E-state index in [1.165, 1.54) is 9.80 Å². The van der Waals surface area contributed by atoms with Gasteiger partial charge in [-0.05, 0) is 48.5 Å². The maximum Gasteiger partial charge on any atom is 0.411 e. The molecular formula is C17H30N2O6. The average molecular weight is 358 g/mol. The average Bonchev–Trinajstić information content (AvgIpc) is 2.43. The number of esters is 1. The van der Waals surface area contributed by atoms with Crippen molar-refractivity contribution in [1.82, 2.24) is 9.80 Å². The van der Waals surface area contributed by atoms with Crippen LogP contribution < -0.4 is 0 Å². The van der Waals surface area contributed by atoms with Crippen LogP contribution in [-0.4, -0.2) is 71.4 Å². The molecule has 0 saturated carbocycles. The Balaban J connectivity index is 2.90. The fraction of sp³-hybridized carbons (Fsp3) is 0.824. The first kappa shape index (κ1) is 21.1. The summed E-state index contributed by atoms with van der Waals surface area (Å²) < 4.78 is 15.8. The zero-order chi connectivity index (χ0) is 19.4. The van der Waals surface area contributed by atoms with Gasteiger partial charge in [0.25, 0.3) is 0 Å². The summed E-state index contributed by atoms with van der Waals surface area (Å²) in [6, 6.07) is -0.920. The quantitative estimate of drug-likeness (QED) is 0.557. The Morgan fingerprint density at radius 3 is 1.92 bits per heavy atom. The molecule has 1 aliphatic rings. The molecule has 8 nitrogen and oxygen atoms in total. The Morgan fingerprint density at radius 1 is 0.920 bits per heavy atom. The highest BCUT2D eigenvalue weighted by Gasteiger charge is 2.40. The highest BCUT2D eigenvalue weighted by Crippen LogP contribution is 2.19. The fourth-order valence-corrected chi connectivity index (χ4v) is 2.25. The molecule has 1 saturated heterocycles. The maximum absolute atomic E-state index is 12.4. The van der Waals surface area contributed by atoms with Gasteiger partial charge in [0.2, 0.25) is 0 Å². The predicted octanol–water partition coefficient (Wildman–Crippen LogP) is 2.41. The normalized spacial score (nSPS) is 18.6. The molecule has 0 aliphatic carbocycles. The minimum Gasteiger partial charge on any atom is -0.464 e. The summed E-state index contributed by atoms with van der Waals surface area (Å²) >= 11 is 0. The van der Waals surface area contributed by atoms with Crippen LogP contribution in [0.1, 0.15) is 48.5 Å². The molecule has 0 aromatic rings. The van der Waals surface area contributed by atoms with E-state index in [2.05, 4.69) is 0 Å². The Labute approximate surface area is 149 Å². The number of piperazine rings is 1. The fourth-order valence-electron chi connectivity index (χ4n) is 2.25. The first-order valence-corrected chi connectivity index (χ1v) is 8.48. The molecule has 2 amide bonds. The minimum absolute atomic E-state index is 0.00693. The van der Waals surface area contributed by atoms with Gasteiger partial charge in [-0.25, -0.2) is 14.4 Å². The Kier molecular flexibility index (Phi) is 6.68. The van der Waals surface area contributed by atoms with Gasteiger partial charge in [0, 0.05) is 13.1 Å². The topological polar surface area (TPSA) is 85.4 Å². The van der Waals surface area contributed by atoms with Crippen molar-refractivity contribution in [3.05, 3.63) is 0 Å². The number of ether oxygens (including phenoxy) is 3. The second kappa shape index (κ2) is 7.93. The summed E-state index contributed by atoms with van der Waals surface area (Å²) in [6.07, 6.45) is -1.12. The third kappa shape index (κ3) is 6.80. The van der Waals surface area contributed by atoms with E-state index in [0.29, 0.717) is 0 Å². The van der Waals surface area contributed by atoms with Gasteiger partial charge in [-0.3, -0.25) is 4.90 Å². The molecule has 1 aliphatic heterocycles. The van der Waals surface area contributed by atoms with E-state index in [4.69, 9.17) is 14.2 Å². The van der Waals surface area contributed by atoms with E-state index >= 15 is 0 Å². The molecular weight excluding hydrogens is 328 g/mol. The molecule has 0 spiro atoms. The summed E-state index contributed by atoms with van der Waals surface area (Å²) in [5, 5.41) is 0. The molecule has 0 N–H and O–H groups in total. The Morgan fingerprint density at radius 2 is 1.44 bits per heavy atom. The van der Waals surface area contributed by atoms with Crippen molar-refractivity contribution in [2.75, 3.05) is 26.2 Å². The molecule has 25 heavy (non-hydrogen) atoms. The number of carbonyl (C=O) groups is 3. The first-order valence-electron chi connectivity index (χ1n) is 8.48. The van der Waals surface area contributed by atoms with Crippen molar-refractivity contribution >= 4 is 18.2 Å². The molecule has 0 bridgehead atoms. The van der Waals surface area contributed by atoms with Crippen molar-refractivity contribution in [2.24, 2.45) is 0 Å². The van der Waals surface area contributed by atoms with Crippen LogP contribution in [0.5, 0.6) is 0 Å². The van der Waals surface area contributed by atoms with E-state index in [1.807, 2.05) is 0 Å². The van der Waals surface area contributed by atoms with Crippen molar-refractivity contribution in [1.29, 1.82) is 0 Å². The van der Waals surface area contributed by atoms with Gasteiger partial charge in [0.15, 0.2) is 6.04 Å². The molecule has 1 unspecified atom stereocenters. The van der Waals surface area contributed by atoms with Crippen molar-refractivity contribution in [3.63, 3.8) is 0 Å². The SMILES string of the molecule is CCOC(=O)C1CN(C(=O)OC(C)(C)C)CCN1C(=O)OC(C)(C)C. The van der Waals surface area contributed by atoms with Crippen molar-refractivity contribution in [3.8, 4) is 0 Å². The largest absolute Gasteiger partial charge is 0.464 e. The van der Waals surface area contributed by atoms with Gasteiger partial charge in [-0.1, -0.05) is 0 Å². The second-order valence-corrected chi connectivity index (χ2v) is 7.87. The van der Waals surface area contributed by atoms with E-state index in [0.717, 1.165) is 0 Å². The Bertz CT molecular complexity index is 506. The summed E-state index contributed by atoms with van der Waals surface area (Å²) in [4.78, 5) is 39.7. The molecule has 1 fully saturated rings. The van der Waals surface area contributed by atoms with Gasteiger partial charge in [0.1, 0.15) is 11.2 Å². The third-order valence-electron chi connectivity index (χ3n) is 3.22. The summed E-state index contributed by atoms with van der Waals surface area (Å²) in [5.74, 6) is -0.568. The number of amides is 2. The lowest BCUT2D eigenvalue weighted by atomic mass is 10.1. The van der Waals surface area contributed by atoms with Crippen molar-refractivity contribution in [2.45, 2.75) is 65.7 Å². The van der Waals surface area contributed by atoms with E-state index in [1.54, 1.807) is 48.5 Å². The van der Waals surface area contributed by atoms with Crippen LogP contribution in [0.3, 0.4) is 0 Å². The van der Waals surface area contributed by atoms with Gasteiger partial charge < -0.3 is 19.1 Å². The zero-order valence-corrected chi connectivity index (χ0v) is 16.2. The molecule has 1 rings (SSSR count). The summed E-state index contributed by atoms with van der Waals surface area (Å²) in [5.41, 5.74) is -1.32. The maximum atomic E-state index is 12.4. The summed E-state index contributed by atoms with van der Waals surface area (Å²) in [6.45, 7) is 12.9. The van der Waals surface area contributed by atoms with Crippen molar-refractivity contribution < 1.29 is 28.6 Å². The smallest absolute Gasteiger partial charge is 0.411 e. The molecule has 8 heteroatoms. The molecule has 0 radical (unpaired) electrons. The van der Waals surface area contributed by atoms with Crippen LogP contribution in [0, 0.1) is 0 Å². The highest BCUT2D eigenvalue weighted by atomic mass is 16.6. The lowest BCUT2D eigenvalue weighted by Gasteiger charge is -2.40. The van der Waals surface area contributed by atoms with Crippen LogP contribution in [0.25, 0.3) is 0 Å². The van der Waals surface area contributed by atoms with E-state index < -0.39 is 35.4 Å². The minimum atomic E-state index is -0.920. The third-order valence-corrected chi connectivity index (χ3v) is 3.22. The molecule has 144 valence electrons. The van der Waals surface area contributed by atoms with E-state index in [9.17, 15) is 14.4 Å². The second-order valence-electron chi connectivity index (χ2n) is 7.87. The van der Waals surface area contributed by atoms with Crippen LogP contribution in [0.4, 0.5) is 9.59 Å². The lowest BCUT2D eigenvalue weighted by Crippen LogP contribution is -2.60. The Hall–Kier alpha value is -1.99. The predicted molar refractivity (Wildman–Crippen MR) is 91.2 cm³/mol. The van der Waals surface area contributed by atoms with Gasteiger partial charge in [0.05, 0.1) is 13.2 Å². The van der Waals surface area contributed by atoms with Crippen LogP contribution >= 0.6 is 0 Å².